The standard InChI is InChI=1S/C11H11NO3/c13-7-12-5-9-1-3-10(4-2-9)11-6-14-8-15-11/h1-4,11H,5-6,8H2. The van der Waals surface area contributed by atoms with Gasteiger partial charge in [-0.3, -0.25) is 0 Å². The molecule has 2 rings (SSSR count). The minimum absolute atomic E-state index is 0.0358. The molecular weight excluding hydrogens is 194 g/mol. The zero-order valence-electron chi connectivity index (χ0n) is 8.18. The quantitative estimate of drug-likeness (QED) is 0.555. The summed E-state index contributed by atoms with van der Waals surface area (Å²) in [5.74, 6) is 0. The van der Waals surface area contributed by atoms with E-state index >= 15 is 0 Å². The predicted octanol–water partition coefficient (Wildman–Crippen LogP) is 1.57. The number of isocyanates is 1. The maximum Gasteiger partial charge on any atom is 0.235 e. The molecule has 0 saturated carbocycles. The van der Waals surface area contributed by atoms with Gasteiger partial charge in [-0.1, -0.05) is 24.3 Å². The number of rotatable bonds is 3. The molecule has 0 bridgehead atoms. The number of aliphatic imine (C=N–C) groups is 1. The van der Waals surface area contributed by atoms with Crippen LogP contribution in [0.15, 0.2) is 29.3 Å². The Morgan fingerprint density at radius 2 is 2.20 bits per heavy atom. The lowest BCUT2D eigenvalue weighted by Crippen LogP contribution is -1.99. The van der Waals surface area contributed by atoms with Gasteiger partial charge in [0.25, 0.3) is 0 Å². The van der Waals surface area contributed by atoms with E-state index in [2.05, 4.69) is 4.99 Å². The average molecular weight is 205 g/mol. The minimum Gasteiger partial charge on any atom is -0.352 e. The number of hydrogen-bond acceptors (Lipinski definition) is 4. The summed E-state index contributed by atoms with van der Waals surface area (Å²) >= 11 is 0. The Morgan fingerprint density at radius 1 is 1.40 bits per heavy atom. The molecule has 1 aromatic carbocycles. The summed E-state index contributed by atoms with van der Waals surface area (Å²) in [5, 5.41) is 0. The molecule has 0 aromatic heterocycles. The molecule has 0 amide bonds. The number of benzene rings is 1. The molecule has 0 N–H and O–H groups in total. The molecule has 1 aliphatic rings. The molecule has 1 aromatic rings. The van der Waals surface area contributed by atoms with Crippen LogP contribution in [0.25, 0.3) is 0 Å². The van der Waals surface area contributed by atoms with Crippen LogP contribution in [-0.4, -0.2) is 19.5 Å². The highest BCUT2D eigenvalue weighted by Crippen LogP contribution is 2.22. The van der Waals surface area contributed by atoms with Crippen molar-refractivity contribution in [3.63, 3.8) is 0 Å². The van der Waals surface area contributed by atoms with Crippen molar-refractivity contribution in [1.82, 2.24) is 0 Å². The molecule has 1 heterocycles. The van der Waals surface area contributed by atoms with E-state index in [-0.39, 0.29) is 6.10 Å². The molecule has 4 heteroatoms. The van der Waals surface area contributed by atoms with Crippen molar-refractivity contribution in [1.29, 1.82) is 0 Å². The summed E-state index contributed by atoms with van der Waals surface area (Å²) in [6.45, 7) is 1.35. The minimum atomic E-state index is 0.0358. The fraction of sp³-hybridized carbons (Fsp3) is 0.364. The number of nitrogens with zero attached hydrogens (tertiary/aromatic N) is 1. The van der Waals surface area contributed by atoms with Crippen LogP contribution in [0, 0.1) is 0 Å². The third kappa shape index (κ3) is 2.50. The van der Waals surface area contributed by atoms with E-state index in [0.717, 1.165) is 11.1 Å². The van der Waals surface area contributed by atoms with Crippen LogP contribution < -0.4 is 0 Å². The van der Waals surface area contributed by atoms with E-state index in [0.29, 0.717) is 19.9 Å². The van der Waals surface area contributed by atoms with Gasteiger partial charge in [0.2, 0.25) is 6.08 Å². The van der Waals surface area contributed by atoms with Crippen LogP contribution >= 0.6 is 0 Å². The molecule has 4 nitrogen and oxygen atoms in total. The second-order valence-corrected chi connectivity index (χ2v) is 3.29. The van der Waals surface area contributed by atoms with Crippen LogP contribution in [-0.2, 0) is 20.8 Å². The largest absolute Gasteiger partial charge is 0.352 e. The van der Waals surface area contributed by atoms with Gasteiger partial charge in [-0.25, -0.2) is 9.79 Å². The summed E-state index contributed by atoms with van der Waals surface area (Å²) in [7, 11) is 0. The first-order valence-corrected chi connectivity index (χ1v) is 4.72. The molecular formula is C11H11NO3. The summed E-state index contributed by atoms with van der Waals surface area (Å²) < 4.78 is 10.5. The maximum absolute atomic E-state index is 9.93. The van der Waals surface area contributed by atoms with Crippen LogP contribution in [0.1, 0.15) is 17.2 Å². The maximum atomic E-state index is 9.93. The average Bonchev–Trinajstić information content (AvgIpc) is 2.80. The van der Waals surface area contributed by atoms with E-state index in [9.17, 15) is 4.79 Å². The van der Waals surface area contributed by atoms with E-state index < -0.39 is 0 Å². The second kappa shape index (κ2) is 4.84. The lowest BCUT2D eigenvalue weighted by atomic mass is 10.1. The van der Waals surface area contributed by atoms with Gasteiger partial charge in [-0.15, -0.1) is 0 Å². The SMILES string of the molecule is O=C=NCc1ccc(C2COCO2)cc1. The fourth-order valence-electron chi connectivity index (χ4n) is 1.49. The zero-order valence-corrected chi connectivity index (χ0v) is 8.18. The Labute approximate surface area is 87.5 Å². The first kappa shape index (κ1) is 10.1. The molecule has 0 radical (unpaired) electrons. The molecule has 0 spiro atoms. The topological polar surface area (TPSA) is 47.9 Å². The molecule has 15 heavy (non-hydrogen) atoms. The van der Waals surface area contributed by atoms with E-state index in [4.69, 9.17) is 9.47 Å². The van der Waals surface area contributed by atoms with Crippen LogP contribution in [0.3, 0.4) is 0 Å². The normalized spacial score (nSPS) is 19.9. The number of ether oxygens (including phenoxy) is 2. The number of hydrogen-bond donors (Lipinski definition) is 0. The summed E-state index contributed by atoms with van der Waals surface area (Å²) in [4.78, 5) is 13.4. The third-order valence-electron chi connectivity index (χ3n) is 2.30. The van der Waals surface area contributed by atoms with Crippen molar-refractivity contribution < 1.29 is 14.3 Å². The van der Waals surface area contributed by atoms with Gasteiger partial charge in [0.15, 0.2) is 0 Å². The van der Waals surface area contributed by atoms with Gasteiger partial charge >= 0.3 is 0 Å². The van der Waals surface area contributed by atoms with Crippen molar-refractivity contribution in [3.05, 3.63) is 35.4 Å². The van der Waals surface area contributed by atoms with E-state index in [1.807, 2.05) is 24.3 Å². The van der Waals surface area contributed by atoms with Gasteiger partial charge < -0.3 is 9.47 Å². The predicted molar refractivity (Wildman–Crippen MR) is 52.9 cm³/mol. The molecule has 0 aliphatic carbocycles. The van der Waals surface area contributed by atoms with Gasteiger partial charge in [-0.05, 0) is 11.1 Å². The zero-order chi connectivity index (χ0) is 10.5. The molecule has 1 atom stereocenters. The highest BCUT2D eigenvalue weighted by atomic mass is 16.7. The molecule has 1 fully saturated rings. The molecule has 1 unspecified atom stereocenters. The van der Waals surface area contributed by atoms with Gasteiger partial charge in [0.1, 0.15) is 12.9 Å². The fourth-order valence-corrected chi connectivity index (χ4v) is 1.49. The van der Waals surface area contributed by atoms with Gasteiger partial charge in [-0.2, -0.15) is 0 Å². The van der Waals surface area contributed by atoms with Crippen LogP contribution in [0.2, 0.25) is 0 Å². The first-order chi connectivity index (χ1) is 7.40. The molecule has 1 aliphatic heterocycles. The Kier molecular flexibility index (Phi) is 3.25. The first-order valence-electron chi connectivity index (χ1n) is 4.72. The Hall–Kier alpha value is -1.48. The summed E-state index contributed by atoms with van der Waals surface area (Å²) in [6.07, 6.45) is 1.55. The van der Waals surface area contributed by atoms with Gasteiger partial charge in [0, 0.05) is 0 Å². The van der Waals surface area contributed by atoms with Gasteiger partial charge in [0.05, 0.1) is 13.2 Å². The third-order valence-corrected chi connectivity index (χ3v) is 2.30. The smallest absolute Gasteiger partial charge is 0.235 e. The van der Waals surface area contributed by atoms with E-state index in [1.165, 1.54) is 6.08 Å². The molecule has 1 saturated heterocycles. The second-order valence-electron chi connectivity index (χ2n) is 3.29. The van der Waals surface area contributed by atoms with Crippen molar-refractivity contribution in [2.24, 2.45) is 4.99 Å². The summed E-state index contributed by atoms with van der Waals surface area (Å²) in [5.41, 5.74) is 2.08. The van der Waals surface area contributed by atoms with Crippen molar-refractivity contribution in [3.8, 4) is 0 Å². The number of carbonyl (C=O) groups excluding carboxylic acids is 1. The highest BCUT2D eigenvalue weighted by molar-refractivity contribution is 5.34. The lowest BCUT2D eigenvalue weighted by molar-refractivity contribution is 0.0466. The van der Waals surface area contributed by atoms with Crippen molar-refractivity contribution in [2.75, 3.05) is 13.4 Å². The van der Waals surface area contributed by atoms with Crippen LogP contribution in [0.5, 0.6) is 0 Å². The Balaban J connectivity index is 2.05. The van der Waals surface area contributed by atoms with E-state index in [1.54, 1.807) is 0 Å². The Morgan fingerprint density at radius 3 is 2.80 bits per heavy atom. The Bertz CT molecular complexity index is 362. The van der Waals surface area contributed by atoms with Crippen LogP contribution in [0.4, 0.5) is 0 Å². The monoisotopic (exact) mass is 205 g/mol. The highest BCUT2D eigenvalue weighted by Gasteiger charge is 2.17. The lowest BCUT2D eigenvalue weighted by Gasteiger charge is -2.07. The summed E-state index contributed by atoms with van der Waals surface area (Å²) in [6, 6.07) is 7.79. The van der Waals surface area contributed by atoms with Crippen molar-refractivity contribution >= 4 is 6.08 Å². The van der Waals surface area contributed by atoms with Crippen molar-refractivity contribution in [2.45, 2.75) is 12.6 Å². The molecule has 78 valence electrons.